The van der Waals surface area contributed by atoms with Crippen LogP contribution in [0.5, 0.6) is 0 Å². The number of hydrogen-bond acceptors (Lipinski definition) is 2. The van der Waals surface area contributed by atoms with Crippen molar-refractivity contribution < 1.29 is 0 Å². The van der Waals surface area contributed by atoms with Gasteiger partial charge in [-0.25, -0.2) is 0 Å². The average molecular weight is 200 g/mol. The second-order valence-corrected chi connectivity index (χ2v) is 3.87. The van der Waals surface area contributed by atoms with Crippen molar-refractivity contribution in [1.29, 1.82) is 0 Å². The number of benzene rings is 1. The average Bonchev–Trinajstić information content (AvgIpc) is 2.25. The number of fused-ring (bicyclic) bond motifs is 1. The van der Waals surface area contributed by atoms with E-state index in [-0.39, 0.29) is 0 Å². The minimum absolute atomic E-state index is 0.749. The van der Waals surface area contributed by atoms with Gasteiger partial charge in [-0.1, -0.05) is 18.2 Å². The first kappa shape index (κ1) is 10.1. The van der Waals surface area contributed by atoms with E-state index in [1.165, 1.54) is 10.9 Å². The van der Waals surface area contributed by atoms with Crippen molar-refractivity contribution in [2.45, 2.75) is 19.8 Å². The van der Waals surface area contributed by atoms with Crippen LogP contribution < -0.4 is 5.73 Å². The van der Waals surface area contributed by atoms with Crippen molar-refractivity contribution in [1.82, 2.24) is 4.98 Å². The summed E-state index contributed by atoms with van der Waals surface area (Å²) in [5.74, 6) is 0. The highest BCUT2D eigenvalue weighted by atomic mass is 14.7. The Morgan fingerprint density at radius 3 is 2.80 bits per heavy atom. The normalized spacial score (nSPS) is 10.8. The molecule has 0 radical (unpaired) electrons. The summed E-state index contributed by atoms with van der Waals surface area (Å²) < 4.78 is 0. The molecular weight excluding hydrogens is 184 g/mol. The third-order valence-electron chi connectivity index (χ3n) is 2.57. The number of aryl methyl sites for hydroxylation is 2. The molecule has 0 aliphatic rings. The number of aromatic nitrogens is 1. The van der Waals surface area contributed by atoms with E-state index in [0.717, 1.165) is 30.6 Å². The zero-order chi connectivity index (χ0) is 10.7. The molecule has 2 nitrogen and oxygen atoms in total. The van der Waals surface area contributed by atoms with Gasteiger partial charge in [0.25, 0.3) is 0 Å². The molecule has 0 bridgehead atoms. The molecule has 2 aromatic rings. The van der Waals surface area contributed by atoms with E-state index in [0.29, 0.717) is 0 Å². The number of pyridine rings is 1. The molecule has 0 amide bonds. The van der Waals surface area contributed by atoms with Crippen LogP contribution in [0.2, 0.25) is 0 Å². The summed E-state index contributed by atoms with van der Waals surface area (Å²) in [5, 5.41) is 1.21. The van der Waals surface area contributed by atoms with Crippen LogP contribution in [0, 0.1) is 6.92 Å². The molecule has 0 atom stereocenters. The van der Waals surface area contributed by atoms with Crippen LogP contribution in [0.4, 0.5) is 0 Å². The minimum atomic E-state index is 0.749. The lowest BCUT2D eigenvalue weighted by molar-refractivity contribution is 0.833. The van der Waals surface area contributed by atoms with Crippen LogP contribution in [0.1, 0.15) is 17.7 Å². The molecule has 78 valence electrons. The summed E-state index contributed by atoms with van der Waals surface area (Å²) >= 11 is 0. The summed E-state index contributed by atoms with van der Waals surface area (Å²) in [6.07, 6.45) is 2.08. The molecule has 2 rings (SSSR count). The minimum Gasteiger partial charge on any atom is -0.330 e. The Kier molecular flexibility index (Phi) is 2.97. The SMILES string of the molecule is Cc1ccc2ccc(CCCN)cc2n1. The smallest absolute Gasteiger partial charge is 0.0707 e. The molecule has 0 unspecified atom stereocenters. The first-order valence-corrected chi connectivity index (χ1v) is 5.36. The zero-order valence-corrected chi connectivity index (χ0v) is 9.03. The number of rotatable bonds is 3. The van der Waals surface area contributed by atoms with E-state index < -0.39 is 0 Å². The summed E-state index contributed by atoms with van der Waals surface area (Å²) in [7, 11) is 0. The molecule has 15 heavy (non-hydrogen) atoms. The molecule has 0 aliphatic carbocycles. The lowest BCUT2D eigenvalue weighted by Crippen LogP contribution is -2.00. The third-order valence-corrected chi connectivity index (χ3v) is 2.57. The largest absolute Gasteiger partial charge is 0.330 e. The van der Waals surface area contributed by atoms with Gasteiger partial charge in [0, 0.05) is 11.1 Å². The fourth-order valence-electron chi connectivity index (χ4n) is 1.73. The van der Waals surface area contributed by atoms with Gasteiger partial charge in [-0.15, -0.1) is 0 Å². The number of nitrogens with two attached hydrogens (primary N) is 1. The Bertz CT molecular complexity index is 463. The van der Waals surface area contributed by atoms with Gasteiger partial charge in [-0.2, -0.15) is 0 Å². The fraction of sp³-hybridized carbons (Fsp3) is 0.308. The fourth-order valence-corrected chi connectivity index (χ4v) is 1.73. The van der Waals surface area contributed by atoms with Gasteiger partial charge in [0.15, 0.2) is 0 Å². The second kappa shape index (κ2) is 4.41. The summed E-state index contributed by atoms with van der Waals surface area (Å²) in [6.45, 7) is 2.77. The monoisotopic (exact) mass is 200 g/mol. The van der Waals surface area contributed by atoms with Gasteiger partial charge in [0.05, 0.1) is 5.52 Å². The van der Waals surface area contributed by atoms with Crippen LogP contribution in [0.15, 0.2) is 30.3 Å². The highest BCUT2D eigenvalue weighted by Crippen LogP contribution is 2.15. The lowest BCUT2D eigenvalue weighted by Gasteiger charge is -2.03. The van der Waals surface area contributed by atoms with Crippen molar-refractivity contribution in [3.05, 3.63) is 41.6 Å². The molecule has 0 saturated heterocycles. The molecule has 0 fully saturated rings. The van der Waals surface area contributed by atoms with Crippen molar-refractivity contribution >= 4 is 10.9 Å². The van der Waals surface area contributed by atoms with E-state index in [4.69, 9.17) is 5.73 Å². The van der Waals surface area contributed by atoms with Gasteiger partial charge in [-0.3, -0.25) is 4.98 Å². The predicted octanol–water partition coefficient (Wildman–Crippen LogP) is 2.43. The van der Waals surface area contributed by atoms with Gasteiger partial charge in [0.2, 0.25) is 0 Å². The van der Waals surface area contributed by atoms with E-state index in [2.05, 4.69) is 29.2 Å². The lowest BCUT2D eigenvalue weighted by atomic mass is 10.1. The Morgan fingerprint density at radius 1 is 1.20 bits per heavy atom. The predicted molar refractivity (Wildman–Crippen MR) is 63.9 cm³/mol. The second-order valence-electron chi connectivity index (χ2n) is 3.87. The van der Waals surface area contributed by atoms with E-state index in [1.807, 2.05) is 13.0 Å². The summed E-state index contributed by atoms with van der Waals surface area (Å²) in [5.41, 5.74) is 8.98. The highest BCUT2D eigenvalue weighted by Gasteiger charge is 1.98. The van der Waals surface area contributed by atoms with Crippen LogP contribution in [-0.2, 0) is 6.42 Å². The van der Waals surface area contributed by atoms with Crippen LogP contribution in [0.25, 0.3) is 10.9 Å². The molecule has 1 aromatic carbocycles. The molecule has 0 aliphatic heterocycles. The Morgan fingerprint density at radius 2 is 2.00 bits per heavy atom. The molecule has 2 heteroatoms. The van der Waals surface area contributed by atoms with E-state index in [9.17, 15) is 0 Å². The summed E-state index contributed by atoms with van der Waals surface area (Å²) in [4.78, 5) is 4.51. The summed E-state index contributed by atoms with van der Waals surface area (Å²) in [6, 6.07) is 10.6. The molecule has 2 N–H and O–H groups in total. The molecule has 0 saturated carbocycles. The molecule has 0 spiro atoms. The number of nitrogens with zero attached hydrogens (tertiary/aromatic N) is 1. The van der Waals surface area contributed by atoms with Gasteiger partial charge in [-0.05, 0) is 44.0 Å². The first-order chi connectivity index (χ1) is 7.29. The molecule has 1 heterocycles. The maximum atomic E-state index is 5.50. The Labute approximate surface area is 90.1 Å². The van der Waals surface area contributed by atoms with Crippen LogP contribution in [0.3, 0.4) is 0 Å². The molecular formula is C13H16N2. The quantitative estimate of drug-likeness (QED) is 0.826. The van der Waals surface area contributed by atoms with E-state index in [1.54, 1.807) is 0 Å². The Hall–Kier alpha value is -1.41. The highest BCUT2D eigenvalue weighted by molar-refractivity contribution is 5.79. The third kappa shape index (κ3) is 2.34. The molecule has 1 aromatic heterocycles. The van der Waals surface area contributed by atoms with Crippen molar-refractivity contribution in [2.24, 2.45) is 5.73 Å². The van der Waals surface area contributed by atoms with Gasteiger partial charge in [0.1, 0.15) is 0 Å². The van der Waals surface area contributed by atoms with E-state index >= 15 is 0 Å². The van der Waals surface area contributed by atoms with Crippen molar-refractivity contribution in [3.8, 4) is 0 Å². The maximum absolute atomic E-state index is 5.50. The zero-order valence-electron chi connectivity index (χ0n) is 9.03. The number of hydrogen-bond donors (Lipinski definition) is 1. The van der Waals surface area contributed by atoms with Crippen molar-refractivity contribution in [2.75, 3.05) is 6.54 Å². The van der Waals surface area contributed by atoms with Gasteiger partial charge < -0.3 is 5.73 Å². The van der Waals surface area contributed by atoms with Crippen molar-refractivity contribution in [3.63, 3.8) is 0 Å². The standard InChI is InChI=1S/C13H16N2/c1-10-4-6-12-7-5-11(3-2-8-14)9-13(12)15-10/h4-7,9H,2-3,8,14H2,1H3. The first-order valence-electron chi connectivity index (χ1n) is 5.36. The van der Waals surface area contributed by atoms with Crippen LogP contribution in [-0.4, -0.2) is 11.5 Å². The Balaban J connectivity index is 2.36. The topological polar surface area (TPSA) is 38.9 Å². The van der Waals surface area contributed by atoms with Gasteiger partial charge >= 0.3 is 0 Å². The maximum Gasteiger partial charge on any atom is 0.0707 e. The van der Waals surface area contributed by atoms with Crippen LogP contribution >= 0.6 is 0 Å².